The van der Waals surface area contributed by atoms with Gasteiger partial charge in [0.1, 0.15) is 24.7 Å². The molecule has 3 rings (SSSR count). The van der Waals surface area contributed by atoms with Crippen LogP contribution in [0.3, 0.4) is 0 Å². The first-order chi connectivity index (χ1) is 12.4. The number of nitrogens with one attached hydrogen (secondary N) is 1. The minimum absolute atomic E-state index is 0.521. The molecule has 0 amide bonds. The van der Waals surface area contributed by atoms with Crippen molar-refractivity contribution in [2.24, 2.45) is 0 Å². The van der Waals surface area contributed by atoms with Crippen molar-refractivity contribution in [3.05, 3.63) is 90.3 Å². The lowest BCUT2D eigenvalue weighted by molar-refractivity contribution is 0.217. The monoisotopic (exact) mass is 334 g/mol. The van der Waals surface area contributed by atoms with E-state index in [4.69, 9.17) is 9.47 Å². The van der Waals surface area contributed by atoms with E-state index in [0.29, 0.717) is 13.2 Å². The van der Waals surface area contributed by atoms with E-state index in [1.54, 1.807) is 6.20 Å². The third-order valence-electron chi connectivity index (χ3n) is 3.67. The summed E-state index contributed by atoms with van der Waals surface area (Å²) < 4.78 is 11.3. The summed E-state index contributed by atoms with van der Waals surface area (Å²) in [6, 6.07) is 21.9. The molecule has 2 aromatic carbocycles. The van der Waals surface area contributed by atoms with Crippen LogP contribution in [-0.4, -0.2) is 18.2 Å². The molecule has 4 heteroatoms. The van der Waals surface area contributed by atoms with Crippen LogP contribution in [0, 0.1) is 0 Å². The first-order valence-corrected chi connectivity index (χ1v) is 8.39. The molecule has 0 spiro atoms. The van der Waals surface area contributed by atoms with Crippen LogP contribution in [0.2, 0.25) is 0 Å². The van der Waals surface area contributed by atoms with Crippen LogP contribution in [0.1, 0.15) is 11.1 Å². The summed E-state index contributed by atoms with van der Waals surface area (Å²) in [6.07, 6.45) is 3.66. The predicted octanol–water partition coefficient (Wildman–Crippen LogP) is 3.83. The molecule has 1 N–H and O–H groups in total. The van der Waals surface area contributed by atoms with Gasteiger partial charge in [0, 0.05) is 25.5 Å². The quantitative estimate of drug-likeness (QED) is 0.604. The Morgan fingerprint density at radius 3 is 2.04 bits per heavy atom. The number of para-hydroxylation sites is 1. The summed E-state index contributed by atoms with van der Waals surface area (Å²) >= 11 is 0. The molecule has 1 heterocycles. The topological polar surface area (TPSA) is 43.4 Å². The molecular weight excluding hydrogens is 312 g/mol. The van der Waals surface area contributed by atoms with E-state index in [2.05, 4.69) is 28.5 Å². The standard InChI is InChI=1S/C21H22N2O2/c1-2-6-20(7-3-1)24-13-14-25-21-10-8-18(9-11-21)15-23-17-19-5-4-12-22-16-19/h1-12,16,23H,13-15,17H2. The Hall–Kier alpha value is -2.85. The van der Waals surface area contributed by atoms with Gasteiger partial charge in [-0.05, 0) is 41.5 Å². The van der Waals surface area contributed by atoms with Crippen LogP contribution in [-0.2, 0) is 13.1 Å². The molecule has 0 saturated heterocycles. The summed E-state index contributed by atoms with van der Waals surface area (Å²) in [4.78, 5) is 4.11. The molecule has 0 aliphatic heterocycles. The highest BCUT2D eigenvalue weighted by Gasteiger charge is 1.98. The lowest BCUT2D eigenvalue weighted by atomic mass is 10.2. The zero-order chi connectivity index (χ0) is 17.2. The lowest BCUT2D eigenvalue weighted by Gasteiger charge is -2.09. The van der Waals surface area contributed by atoms with Crippen molar-refractivity contribution in [1.29, 1.82) is 0 Å². The average molecular weight is 334 g/mol. The van der Waals surface area contributed by atoms with Crippen molar-refractivity contribution < 1.29 is 9.47 Å². The zero-order valence-electron chi connectivity index (χ0n) is 14.1. The molecule has 4 nitrogen and oxygen atoms in total. The van der Waals surface area contributed by atoms with E-state index in [0.717, 1.165) is 24.6 Å². The smallest absolute Gasteiger partial charge is 0.122 e. The van der Waals surface area contributed by atoms with Crippen LogP contribution >= 0.6 is 0 Å². The van der Waals surface area contributed by atoms with Gasteiger partial charge < -0.3 is 14.8 Å². The maximum absolute atomic E-state index is 5.70. The Balaban J connectivity index is 1.35. The molecule has 0 radical (unpaired) electrons. The lowest BCUT2D eigenvalue weighted by Crippen LogP contribution is -2.12. The van der Waals surface area contributed by atoms with Gasteiger partial charge in [0.15, 0.2) is 0 Å². The summed E-state index contributed by atoms with van der Waals surface area (Å²) in [6.45, 7) is 2.67. The molecule has 0 atom stereocenters. The van der Waals surface area contributed by atoms with E-state index in [1.165, 1.54) is 11.1 Å². The second kappa shape index (κ2) is 9.45. The molecule has 0 bridgehead atoms. The summed E-state index contributed by atoms with van der Waals surface area (Å²) in [5.41, 5.74) is 2.40. The minimum atomic E-state index is 0.521. The van der Waals surface area contributed by atoms with Gasteiger partial charge >= 0.3 is 0 Å². The van der Waals surface area contributed by atoms with Gasteiger partial charge in [0.05, 0.1) is 0 Å². The summed E-state index contributed by atoms with van der Waals surface area (Å²) in [5, 5.41) is 3.41. The third kappa shape index (κ3) is 5.94. The maximum atomic E-state index is 5.70. The molecule has 0 saturated carbocycles. The van der Waals surface area contributed by atoms with Gasteiger partial charge in [0.2, 0.25) is 0 Å². The Bertz CT molecular complexity index is 731. The number of benzene rings is 2. The molecule has 128 valence electrons. The van der Waals surface area contributed by atoms with E-state index < -0.39 is 0 Å². The molecule has 3 aromatic rings. The number of pyridine rings is 1. The van der Waals surface area contributed by atoms with Crippen molar-refractivity contribution in [3.63, 3.8) is 0 Å². The molecule has 0 aliphatic rings. The maximum Gasteiger partial charge on any atom is 0.122 e. The number of ether oxygens (including phenoxy) is 2. The number of hydrogen-bond donors (Lipinski definition) is 1. The largest absolute Gasteiger partial charge is 0.490 e. The van der Waals surface area contributed by atoms with E-state index in [1.807, 2.05) is 54.7 Å². The predicted molar refractivity (Wildman–Crippen MR) is 98.7 cm³/mol. The highest BCUT2D eigenvalue weighted by Crippen LogP contribution is 2.13. The van der Waals surface area contributed by atoms with Gasteiger partial charge in [-0.3, -0.25) is 4.98 Å². The second-order valence-electron chi connectivity index (χ2n) is 5.62. The van der Waals surface area contributed by atoms with Crippen LogP contribution in [0.15, 0.2) is 79.1 Å². The Morgan fingerprint density at radius 1 is 0.680 bits per heavy atom. The van der Waals surface area contributed by atoms with Gasteiger partial charge in [0.25, 0.3) is 0 Å². The van der Waals surface area contributed by atoms with E-state index >= 15 is 0 Å². The van der Waals surface area contributed by atoms with Gasteiger partial charge in [-0.25, -0.2) is 0 Å². The first-order valence-electron chi connectivity index (χ1n) is 8.39. The molecule has 25 heavy (non-hydrogen) atoms. The number of rotatable bonds is 9. The minimum Gasteiger partial charge on any atom is -0.490 e. The Labute approximate surface area is 148 Å². The van der Waals surface area contributed by atoms with Crippen LogP contribution < -0.4 is 14.8 Å². The van der Waals surface area contributed by atoms with Gasteiger partial charge in [-0.15, -0.1) is 0 Å². The average Bonchev–Trinajstić information content (AvgIpc) is 2.68. The normalized spacial score (nSPS) is 10.4. The Kier molecular flexibility index (Phi) is 6.42. The molecule has 1 aromatic heterocycles. The molecule has 0 unspecified atom stereocenters. The van der Waals surface area contributed by atoms with Crippen LogP contribution in [0.25, 0.3) is 0 Å². The van der Waals surface area contributed by atoms with Crippen molar-refractivity contribution in [1.82, 2.24) is 10.3 Å². The van der Waals surface area contributed by atoms with Crippen molar-refractivity contribution >= 4 is 0 Å². The first kappa shape index (κ1) is 17.0. The fraction of sp³-hybridized carbons (Fsp3) is 0.190. The highest BCUT2D eigenvalue weighted by molar-refractivity contribution is 5.27. The van der Waals surface area contributed by atoms with E-state index in [-0.39, 0.29) is 0 Å². The molecule has 0 fully saturated rings. The van der Waals surface area contributed by atoms with Crippen molar-refractivity contribution in [2.75, 3.05) is 13.2 Å². The second-order valence-corrected chi connectivity index (χ2v) is 5.62. The van der Waals surface area contributed by atoms with E-state index in [9.17, 15) is 0 Å². The van der Waals surface area contributed by atoms with Gasteiger partial charge in [-0.2, -0.15) is 0 Å². The van der Waals surface area contributed by atoms with Crippen LogP contribution in [0.4, 0.5) is 0 Å². The number of nitrogens with zero attached hydrogens (tertiary/aromatic N) is 1. The van der Waals surface area contributed by atoms with Crippen molar-refractivity contribution in [3.8, 4) is 11.5 Å². The Morgan fingerprint density at radius 2 is 1.36 bits per heavy atom. The summed E-state index contributed by atoms with van der Waals surface area (Å²) in [7, 11) is 0. The zero-order valence-corrected chi connectivity index (χ0v) is 14.1. The highest BCUT2D eigenvalue weighted by atomic mass is 16.5. The number of hydrogen-bond acceptors (Lipinski definition) is 4. The van der Waals surface area contributed by atoms with Gasteiger partial charge in [-0.1, -0.05) is 36.4 Å². The third-order valence-corrected chi connectivity index (χ3v) is 3.67. The molecule has 0 aliphatic carbocycles. The van der Waals surface area contributed by atoms with Crippen LogP contribution in [0.5, 0.6) is 11.5 Å². The number of aromatic nitrogens is 1. The molecular formula is C21H22N2O2. The SMILES string of the molecule is c1ccc(OCCOc2ccc(CNCc3cccnc3)cc2)cc1. The fourth-order valence-corrected chi connectivity index (χ4v) is 2.39. The fourth-order valence-electron chi connectivity index (χ4n) is 2.39. The summed E-state index contributed by atoms with van der Waals surface area (Å²) in [5.74, 6) is 1.72. The van der Waals surface area contributed by atoms with Crippen molar-refractivity contribution in [2.45, 2.75) is 13.1 Å².